The maximum Gasteiger partial charge on any atom is 0.407 e. The quantitative estimate of drug-likeness (QED) is 0.356. The largest absolute Gasteiger partial charge is 0.465 e. The van der Waals surface area contributed by atoms with Crippen LogP contribution in [0.15, 0.2) is 77.3 Å². The number of anilines is 1. The Morgan fingerprint density at radius 2 is 1.66 bits per heavy atom. The minimum atomic E-state index is -0.872. The number of carbonyl (C=O) groups is 2. The van der Waals surface area contributed by atoms with Gasteiger partial charge in [-0.1, -0.05) is 30.3 Å². The van der Waals surface area contributed by atoms with Crippen LogP contribution >= 0.6 is 0 Å². The molecule has 2 amide bonds. The minimum Gasteiger partial charge on any atom is -0.465 e. The number of amides is 2. The summed E-state index contributed by atoms with van der Waals surface area (Å²) in [5.41, 5.74) is 5.20. The highest BCUT2D eigenvalue weighted by molar-refractivity contribution is 6.05. The van der Waals surface area contributed by atoms with Crippen LogP contribution in [-0.2, 0) is 6.54 Å². The molecule has 1 aliphatic heterocycles. The molecule has 38 heavy (non-hydrogen) atoms. The van der Waals surface area contributed by atoms with Crippen molar-refractivity contribution in [2.45, 2.75) is 6.54 Å². The number of carboxylic acid groups (broad SMARTS) is 1. The van der Waals surface area contributed by atoms with Crippen molar-refractivity contribution in [3.05, 3.63) is 84.2 Å². The molecule has 6 rings (SSSR count). The summed E-state index contributed by atoms with van der Waals surface area (Å²) in [4.78, 5) is 41.3. The van der Waals surface area contributed by atoms with Crippen molar-refractivity contribution in [3.63, 3.8) is 0 Å². The Bertz CT molecular complexity index is 1660. The van der Waals surface area contributed by atoms with Gasteiger partial charge in [0.25, 0.3) is 5.91 Å². The van der Waals surface area contributed by atoms with Gasteiger partial charge in [0.1, 0.15) is 11.2 Å². The van der Waals surface area contributed by atoms with Crippen LogP contribution in [0.4, 0.5) is 10.5 Å². The predicted octanol–water partition coefficient (Wildman–Crippen LogP) is 4.49. The molecular formula is C28H24N6O4. The third kappa shape index (κ3) is 4.76. The molecule has 3 heterocycles. The van der Waals surface area contributed by atoms with Crippen molar-refractivity contribution >= 4 is 39.8 Å². The van der Waals surface area contributed by atoms with E-state index in [2.05, 4.69) is 20.2 Å². The summed E-state index contributed by atoms with van der Waals surface area (Å²) in [6.45, 7) is 3.06. The first-order valence-electron chi connectivity index (χ1n) is 12.3. The summed E-state index contributed by atoms with van der Waals surface area (Å²) < 4.78 is 6.05. The number of nitrogens with one attached hydrogen (secondary N) is 1. The minimum absolute atomic E-state index is 0.213. The van der Waals surface area contributed by atoms with Crippen LogP contribution < -0.4 is 5.32 Å². The molecule has 0 radical (unpaired) electrons. The van der Waals surface area contributed by atoms with Gasteiger partial charge in [-0.15, -0.1) is 0 Å². The number of benzene rings is 3. The molecule has 10 heteroatoms. The molecule has 3 aromatic carbocycles. The Hall–Kier alpha value is -4.83. The zero-order valence-electron chi connectivity index (χ0n) is 20.4. The molecule has 2 N–H and O–H groups in total. The topological polar surface area (TPSA) is 125 Å². The van der Waals surface area contributed by atoms with Crippen molar-refractivity contribution in [1.82, 2.24) is 24.8 Å². The van der Waals surface area contributed by atoms with Gasteiger partial charge in [-0.2, -0.15) is 0 Å². The number of nitrogens with zero attached hydrogens (tertiary/aromatic N) is 5. The number of carbonyl (C=O) groups excluding carboxylic acids is 1. The van der Waals surface area contributed by atoms with E-state index in [4.69, 9.17) is 14.5 Å². The average molecular weight is 509 g/mol. The Balaban J connectivity index is 1.21. The number of piperazine rings is 1. The summed E-state index contributed by atoms with van der Waals surface area (Å²) in [5.74, 6) is 0.0183. The Morgan fingerprint density at radius 1 is 0.895 bits per heavy atom. The summed E-state index contributed by atoms with van der Waals surface area (Å²) >= 11 is 0. The first kappa shape index (κ1) is 23.6. The lowest BCUT2D eigenvalue weighted by Gasteiger charge is -2.33. The molecule has 2 aromatic heterocycles. The van der Waals surface area contributed by atoms with Gasteiger partial charge in [-0.3, -0.25) is 14.7 Å². The molecule has 0 bridgehead atoms. The fourth-order valence-corrected chi connectivity index (χ4v) is 4.57. The molecule has 1 saturated heterocycles. The van der Waals surface area contributed by atoms with Crippen LogP contribution in [0.3, 0.4) is 0 Å². The zero-order valence-corrected chi connectivity index (χ0v) is 20.4. The second-order valence-corrected chi connectivity index (χ2v) is 9.11. The van der Waals surface area contributed by atoms with Gasteiger partial charge in [0.15, 0.2) is 5.58 Å². The average Bonchev–Trinajstić information content (AvgIpc) is 3.36. The number of para-hydroxylation sites is 3. The molecule has 0 spiro atoms. The van der Waals surface area contributed by atoms with Gasteiger partial charge in [-0.05, 0) is 42.0 Å². The zero-order chi connectivity index (χ0) is 26.1. The van der Waals surface area contributed by atoms with E-state index in [9.17, 15) is 9.59 Å². The third-order valence-electron chi connectivity index (χ3n) is 6.59. The molecule has 1 fully saturated rings. The highest BCUT2D eigenvalue weighted by Crippen LogP contribution is 2.31. The molecule has 0 saturated carbocycles. The van der Waals surface area contributed by atoms with Crippen LogP contribution in [0.2, 0.25) is 0 Å². The van der Waals surface area contributed by atoms with Gasteiger partial charge >= 0.3 is 6.09 Å². The number of hydrogen-bond donors (Lipinski definition) is 2. The first-order valence-corrected chi connectivity index (χ1v) is 12.3. The summed E-state index contributed by atoms with van der Waals surface area (Å²) in [7, 11) is 0. The van der Waals surface area contributed by atoms with Gasteiger partial charge in [0, 0.05) is 32.7 Å². The van der Waals surface area contributed by atoms with Gasteiger partial charge in [-0.25, -0.2) is 14.8 Å². The van der Waals surface area contributed by atoms with E-state index in [0.717, 1.165) is 11.1 Å². The molecule has 1 aliphatic rings. The Kier molecular flexibility index (Phi) is 6.14. The Morgan fingerprint density at radius 3 is 2.47 bits per heavy atom. The van der Waals surface area contributed by atoms with E-state index < -0.39 is 6.09 Å². The van der Waals surface area contributed by atoms with Crippen LogP contribution in [0.25, 0.3) is 33.6 Å². The van der Waals surface area contributed by atoms with Crippen molar-refractivity contribution in [1.29, 1.82) is 0 Å². The van der Waals surface area contributed by atoms with E-state index in [1.165, 1.54) is 11.1 Å². The highest BCUT2D eigenvalue weighted by Gasteiger charge is 2.21. The lowest BCUT2D eigenvalue weighted by atomic mass is 10.1. The lowest BCUT2D eigenvalue weighted by molar-refractivity contribution is 0.101. The second kappa shape index (κ2) is 9.91. The fourth-order valence-electron chi connectivity index (χ4n) is 4.57. The molecular weight excluding hydrogens is 484 g/mol. The molecule has 0 atom stereocenters. The third-order valence-corrected chi connectivity index (χ3v) is 6.59. The summed E-state index contributed by atoms with van der Waals surface area (Å²) in [6, 6.07) is 20.6. The first-order chi connectivity index (χ1) is 18.5. The van der Waals surface area contributed by atoms with Crippen LogP contribution in [0.5, 0.6) is 0 Å². The van der Waals surface area contributed by atoms with Gasteiger partial charge in [0.05, 0.1) is 28.5 Å². The van der Waals surface area contributed by atoms with E-state index in [0.29, 0.717) is 66.5 Å². The van der Waals surface area contributed by atoms with Crippen LogP contribution in [0, 0.1) is 0 Å². The van der Waals surface area contributed by atoms with E-state index in [1.807, 2.05) is 60.7 Å². The molecule has 190 valence electrons. The summed E-state index contributed by atoms with van der Waals surface area (Å²) in [5, 5.41) is 12.1. The molecule has 0 unspecified atom stereocenters. The lowest BCUT2D eigenvalue weighted by Crippen LogP contribution is -2.47. The van der Waals surface area contributed by atoms with Gasteiger partial charge < -0.3 is 19.7 Å². The Labute approximate surface area is 217 Å². The maximum absolute atomic E-state index is 13.0. The maximum atomic E-state index is 13.0. The van der Waals surface area contributed by atoms with Crippen LogP contribution in [-0.4, -0.2) is 68.0 Å². The monoisotopic (exact) mass is 508 g/mol. The fraction of sp³-hybridized carbons (Fsp3) is 0.179. The number of aromatic nitrogens is 3. The molecule has 10 nitrogen and oxygen atoms in total. The van der Waals surface area contributed by atoms with Crippen molar-refractivity contribution in [2.24, 2.45) is 0 Å². The SMILES string of the molecule is O=C(Nc1ccccc1-c1nc2cc(CN3CCN(C(=O)O)CC3)ccc2o1)c1cnc2ccccc2n1. The smallest absolute Gasteiger partial charge is 0.407 e. The number of fused-ring (bicyclic) bond motifs is 2. The second-order valence-electron chi connectivity index (χ2n) is 9.11. The van der Waals surface area contributed by atoms with E-state index in [1.54, 1.807) is 6.07 Å². The summed E-state index contributed by atoms with van der Waals surface area (Å²) in [6.07, 6.45) is 0.589. The molecule has 5 aromatic rings. The number of oxazole rings is 1. The van der Waals surface area contributed by atoms with Crippen molar-refractivity contribution in [3.8, 4) is 11.5 Å². The van der Waals surface area contributed by atoms with Gasteiger partial charge in [0.2, 0.25) is 5.89 Å². The number of rotatable bonds is 5. The van der Waals surface area contributed by atoms with E-state index in [-0.39, 0.29) is 11.6 Å². The van der Waals surface area contributed by atoms with E-state index >= 15 is 0 Å². The molecule has 0 aliphatic carbocycles. The predicted molar refractivity (Wildman–Crippen MR) is 142 cm³/mol. The highest BCUT2D eigenvalue weighted by atomic mass is 16.4. The van der Waals surface area contributed by atoms with Crippen molar-refractivity contribution < 1.29 is 19.1 Å². The standard InChI is InChI=1S/C28H24N6O4/c35-26(24-16-29-21-7-3-4-8-22(21)30-24)31-20-6-2-1-5-19(20)27-32-23-15-18(9-10-25(23)38-27)17-33-11-13-34(14-12-33)28(36)37/h1-10,15-16H,11-14,17H2,(H,31,35)(H,36,37). The normalized spacial score (nSPS) is 14.2. The number of hydrogen-bond acceptors (Lipinski definition) is 7. The van der Waals surface area contributed by atoms with Crippen LogP contribution in [0.1, 0.15) is 16.1 Å². The van der Waals surface area contributed by atoms with Crippen molar-refractivity contribution in [2.75, 3.05) is 31.5 Å².